The number of hydrogen-bond acceptors (Lipinski definition) is 3. The van der Waals surface area contributed by atoms with E-state index in [0.29, 0.717) is 34.3 Å². The van der Waals surface area contributed by atoms with Gasteiger partial charge in [-0.2, -0.15) is 0 Å². The third-order valence-electron chi connectivity index (χ3n) is 3.16. The zero-order chi connectivity index (χ0) is 14.8. The summed E-state index contributed by atoms with van der Waals surface area (Å²) in [6.45, 7) is 0.356. The van der Waals surface area contributed by atoms with Crippen LogP contribution in [0.15, 0.2) is 46.9 Å². The van der Waals surface area contributed by atoms with Crippen LogP contribution < -0.4 is 10.1 Å². The highest BCUT2D eigenvalue weighted by molar-refractivity contribution is 6.30. The molecule has 0 aliphatic heterocycles. The summed E-state index contributed by atoms with van der Waals surface area (Å²) >= 11 is 5.86. The highest BCUT2D eigenvalue weighted by Crippen LogP contribution is 2.29. The van der Waals surface area contributed by atoms with E-state index in [-0.39, 0.29) is 5.82 Å². The Labute approximate surface area is 126 Å². The molecule has 0 amide bonds. The number of furan rings is 1. The van der Waals surface area contributed by atoms with E-state index in [9.17, 15) is 4.39 Å². The number of methoxy groups -OCH3 is 1. The largest absolute Gasteiger partial charge is 0.493 e. The van der Waals surface area contributed by atoms with E-state index < -0.39 is 0 Å². The number of nitrogens with one attached hydrogen (secondary N) is 1. The number of fused-ring (bicyclic) bond motifs is 1. The van der Waals surface area contributed by atoms with Crippen molar-refractivity contribution < 1.29 is 13.5 Å². The van der Waals surface area contributed by atoms with Gasteiger partial charge in [-0.1, -0.05) is 23.7 Å². The second-order valence-corrected chi connectivity index (χ2v) is 5.01. The summed E-state index contributed by atoms with van der Waals surface area (Å²) < 4.78 is 24.6. The zero-order valence-corrected chi connectivity index (χ0v) is 12.1. The molecule has 0 unspecified atom stereocenters. The molecule has 0 spiro atoms. The average Bonchev–Trinajstić information content (AvgIpc) is 2.91. The van der Waals surface area contributed by atoms with Crippen molar-refractivity contribution in [3.05, 3.63) is 59.1 Å². The van der Waals surface area contributed by atoms with Crippen LogP contribution in [0.4, 0.5) is 10.1 Å². The molecule has 0 aliphatic rings. The smallest absolute Gasteiger partial charge is 0.176 e. The zero-order valence-electron chi connectivity index (χ0n) is 11.3. The van der Waals surface area contributed by atoms with Crippen LogP contribution in [0.2, 0.25) is 5.02 Å². The van der Waals surface area contributed by atoms with Gasteiger partial charge >= 0.3 is 0 Å². The number of anilines is 1. The van der Waals surface area contributed by atoms with E-state index in [1.165, 1.54) is 12.1 Å². The molecular weight excluding hydrogens is 293 g/mol. The van der Waals surface area contributed by atoms with Crippen molar-refractivity contribution in [1.29, 1.82) is 0 Å². The molecule has 1 aromatic heterocycles. The minimum absolute atomic E-state index is 0.343. The quantitative estimate of drug-likeness (QED) is 0.748. The number of para-hydroxylation sites is 1. The van der Waals surface area contributed by atoms with Gasteiger partial charge in [-0.3, -0.25) is 0 Å². The summed E-state index contributed by atoms with van der Waals surface area (Å²) in [7, 11) is 1.59. The Morgan fingerprint density at radius 1 is 1.24 bits per heavy atom. The Morgan fingerprint density at radius 3 is 2.90 bits per heavy atom. The SMILES string of the molecule is COc1cccc2cc(CNc3cc(Cl)ccc3F)oc12. The van der Waals surface area contributed by atoms with Gasteiger partial charge in [0.1, 0.15) is 11.6 Å². The molecule has 3 rings (SSSR count). The first-order valence-electron chi connectivity index (χ1n) is 6.42. The van der Waals surface area contributed by atoms with Crippen molar-refractivity contribution in [2.45, 2.75) is 6.54 Å². The fourth-order valence-electron chi connectivity index (χ4n) is 2.15. The lowest BCUT2D eigenvalue weighted by atomic mass is 10.2. The molecule has 1 N–H and O–H groups in total. The van der Waals surface area contributed by atoms with Crippen molar-refractivity contribution in [3.8, 4) is 5.75 Å². The normalized spacial score (nSPS) is 10.8. The lowest BCUT2D eigenvalue weighted by Gasteiger charge is -2.06. The van der Waals surface area contributed by atoms with Crippen LogP contribution in [0.5, 0.6) is 5.75 Å². The van der Waals surface area contributed by atoms with Gasteiger partial charge in [0.25, 0.3) is 0 Å². The monoisotopic (exact) mass is 305 g/mol. The minimum atomic E-state index is -0.354. The predicted octanol–water partition coefficient (Wildman–Crippen LogP) is 4.85. The Kier molecular flexibility index (Phi) is 3.71. The number of benzene rings is 2. The Morgan fingerprint density at radius 2 is 2.10 bits per heavy atom. The van der Waals surface area contributed by atoms with Gasteiger partial charge in [-0.05, 0) is 30.3 Å². The third kappa shape index (κ3) is 2.81. The van der Waals surface area contributed by atoms with Gasteiger partial charge in [-0.15, -0.1) is 0 Å². The molecule has 0 saturated heterocycles. The first-order chi connectivity index (χ1) is 10.2. The van der Waals surface area contributed by atoms with Crippen LogP contribution in [-0.4, -0.2) is 7.11 Å². The van der Waals surface area contributed by atoms with E-state index in [2.05, 4.69) is 5.32 Å². The fraction of sp³-hybridized carbons (Fsp3) is 0.125. The maximum absolute atomic E-state index is 13.6. The van der Waals surface area contributed by atoms with E-state index in [1.54, 1.807) is 13.2 Å². The van der Waals surface area contributed by atoms with Gasteiger partial charge in [0.05, 0.1) is 19.3 Å². The molecule has 0 aliphatic carbocycles. The highest BCUT2D eigenvalue weighted by atomic mass is 35.5. The molecule has 21 heavy (non-hydrogen) atoms. The minimum Gasteiger partial charge on any atom is -0.493 e. The average molecular weight is 306 g/mol. The molecule has 108 valence electrons. The third-order valence-corrected chi connectivity index (χ3v) is 3.40. The summed E-state index contributed by atoms with van der Waals surface area (Å²) in [6, 6.07) is 11.9. The Balaban J connectivity index is 1.84. The second kappa shape index (κ2) is 5.66. The van der Waals surface area contributed by atoms with Crippen molar-refractivity contribution in [2.75, 3.05) is 12.4 Å². The van der Waals surface area contributed by atoms with E-state index in [4.69, 9.17) is 20.8 Å². The number of hydrogen-bond donors (Lipinski definition) is 1. The summed E-state index contributed by atoms with van der Waals surface area (Å²) in [5.41, 5.74) is 1.03. The maximum atomic E-state index is 13.6. The van der Waals surface area contributed by atoms with Crippen LogP contribution in [0.25, 0.3) is 11.0 Å². The van der Waals surface area contributed by atoms with Gasteiger partial charge in [-0.25, -0.2) is 4.39 Å². The molecule has 1 heterocycles. The van der Waals surface area contributed by atoms with E-state index in [1.807, 2.05) is 24.3 Å². The van der Waals surface area contributed by atoms with Crippen molar-refractivity contribution in [3.63, 3.8) is 0 Å². The van der Waals surface area contributed by atoms with Crippen LogP contribution in [-0.2, 0) is 6.54 Å². The molecule has 3 aromatic rings. The lowest BCUT2D eigenvalue weighted by Crippen LogP contribution is -2.00. The molecule has 2 aromatic carbocycles. The molecule has 0 atom stereocenters. The first kappa shape index (κ1) is 13.8. The van der Waals surface area contributed by atoms with Crippen molar-refractivity contribution in [1.82, 2.24) is 0 Å². The predicted molar refractivity (Wildman–Crippen MR) is 81.5 cm³/mol. The number of halogens is 2. The molecule has 3 nitrogen and oxygen atoms in total. The Bertz CT molecular complexity index is 785. The molecule has 0 fully saturated rings. The number of rotatable bonds is 4. The van der Waals surface area contributed by atoms with Crippen LogP contribution in [0, 0.1) is 5.82 Å². The van der Waals surface area contributed by atoms with Crippen LogP contribution in [0.1, 0.15) is 5.76 Å². The molecule has 0 radical (unpaired) electrons. The number of ether oxygens (including phenoxy) is 1. The second-order valence-electron chi connectivity index (χ2n) is 4.57. The van der Waals surface area contributed by atoms with Gasteiger partial charge < -0.3 is 14.5 Å². The standard InChI is InChI=1S/C16H13ClFNO2/c1-20-15-4-2-3-10-7-12(21-16(10)15)9-19-14-8-11(17)5-6-13(14)18/h2-8,19H,9H2,1H3. The van der Waals surface area contributed by atoms with Gasteiger partial charge in [0.2, 0.25) is 0 Å². The maximum Gasteiger partial charge on any atom is 0.176 e. The van der Waals surface area contributed by atoms with E-state index in [0.717, 1.165) is 5.39 Å². The van der Waals surface area contributed by atoms with Crippen LogP contribution >= 0.6 is 11.6 Å². The molecular formula is C16H13ClFNO2. The summed E-state index contributed by atoms with van der Waals surface area (Å²) in [4.78, 5) is 0. The summed E-state index contributed by atoms with van der Waals surface area (Å²) in [5, 5.41) is 4.39. The fourth-order valence-corrected chi connectivity index (χ4v) is 2.32. The lowest BCUT2D eigenvalue weighted by molar-refractivity contribution is 0.408. The summed E-state index contributed by atoms with van der Waals surface area (Å²) in [5.74, 6) is 1.01. The van der Waals surface area contributed by atoms with Gasteiger partial charge in [0, 0.05) is 10.4 Å². The molecule has 0 saturated carbocycles. The Hall–Kier alpha value is -2.20. The van der Waals surface area contributed by atoms with Gasteiger partial charge in [0.15, 0.2) is 11.3 Å². The highest BCUT2D eigenvalue weighted by Gasteiger charge is 2.09. The van der Waals surface area contributed by atoms with Crippen molar-refractivity contribution >= 4 is 28.3 Å². The summed E-state index contributed by atoms with van der Waals surface area (Å²) in [6.07, 6.45) is 0. The van der Waals surface area contributed by atoms with Crippen LogP contribution in [0.3, 0.4) is 0 Å². The molecule has 0 bridgehead atoms. The topological polar surface area (TPSA) is 34.4 Å². The first-order valence-corrected chi connectivity index (χ1v) is 6.79. The van der Waals surface area contributed by atoms with Crippen molar-refractivity contribution in [2.24, 2.45) is 0 Å². The molecule has 5 heteroatoms. The van der Waals surface area contributed by atoms with E-state index >= 15 is 0 Å².